The first-order chi connectivity index (χ1) is 13.0. The van der Waals surface area contributed by atoms with Gasteiger partial charge in [0.15, 0.2) is 5.78 Å². The third-order valence-corrected chi connectivity index (χ3v) is 5.35. The van der Waals surface area contributed by atoms with Crippen molar-refractivity contribution in [3.63, 3.8) is 0 Å². The van der Waals surface area contributed by atoms with Crippen LogP contribution in [0.15, 0.2) is 42.0 Å². The molecule has 0 spiro atoms. The highest BCUT2D eigenvalue weighted by Crippen LogP contribution is 2.34. The zero-order valence-corrected chi connectivity index (χ0v) is 15.4. The van der Waals surface area contributed by atoms with Gasteiger partial charge in [-0.3, -0.25) is 14.3 Å². The van der Waals surface area contributed by atoms with Gasteiger partial charge >= 0.3 is 0 Å². The van der Waals surface area contributed by atoms with Crippen molar-refractivity contribution in [2.75, 3.05) is 6.54 Å². The quantitative estimate of drug-likeness (QED) is 0.903. The second-order valence-electron chi connectivity index (χ2n) is 7.20. The van der Waals surface area contributed by atoms with Crippen LogP contribution < -0.4 is 0 Å². The first-order valence-electron chi connectivity index (χ1n) is 9.36. The Balaban J connectivity index is 1.52. The zero-order chi connectivity index (χ0) is 19.0. The highest BCUT2D eigenvalue weighted by Gasteiger charge is 2.29. The molecular formula is C21H23N3O3. The van der Waals surface area contributed by atoms with E-state index < -0.39 is 6.10 Å². The molecule has 1 aromatic heterocycles. The van der Waals surface area contributed by atoms with E-state index >= 15 is 0 Å². The number of hydrogen-bond donors (Lipinski definition) is 1. The van der Waals surface area contributed by atoms with E-state index in [4.69, 9.17) is 0 Å². The Kier molecular flexibility index (Phi) is 4.66. The maximum atomic E-state index is 12.9. The van der Waals surface area contributed by atoms with Crippen LogP contribution in [0.3, 0.4) is 0 Å². The summed E-state index contributed by atoms with van der Waals surface area (Å²) in [6.45, 7) is 3.31. The minimum absolute atomic E-state index is 0.0280. The SMILES string of the molecule is C[C@@H](O)c1cc2n(n1)CCN(C(=O)CC1=C(c3ccccc3)CCC1=O)C2. The Morgan fingerprint density at radius 3 is 2.74 bits per heavy atom. The van der Waals surface area contributed by atoms with Gasteiger partial charge in [-0.2, -0.15) is 5.10 Å². The number of carbonyl (C=O) groups excluding carboxylic acids is 2. The number of aromatic nitrogens is 2. The highest BCUT2D eigenvalue weighted by molar-refractivity contribution is 6.10. The number of ketones is 1. The smallest absolute Gasteiger partial charge is 0.227 e. The van der Waals surface area contributed by atoms with Crippen LogP contribution in [0.4, 0.5) is 0 Å². The normalized spacial score (nSPS) is 18.0. The lowest BCUT2D eigenvalue weighted by molar-refractivity contribution is -0.132. The van der Waals surface area contributed by atoms with Gasteiger partial charge in [0.2, 0.25) is 5.91 Å². The van der Waals surface area contributed by atoms with Gasteiger partial charge in [0, 0.05) is 18.5 Å². The average molecular weight is 365 g/mol. The molecule has 2 aliphatic rings. The van der Waals surface area contributed by atoms with E-state index in [0.29, 0.717) is 43.7 Å². The fraction of sp³-hybridized carbons (Fsp3) is 0.381. The molecule has 6 nitrogen and oxygen atoms in total. The maximum absolute atomic E-state index is 12.9. The van der Waals surface area contributed by atoms with Gasteiger partial charge in [0.05, 0.1) is 37.0 Å². The molecule has 2 aromatic rings. The number of carbonyl (C=O) groups is 2. The van der Waals surface area contributed by atoms with Crippen LogP contribution in [-0.4, -0.2) is 38.0 Å². The van der Waals surface area contributed by atoms with Crippen LogP contribution in [-0.2, 0) is 22.7 Å². The summed E-state index contributed by atoms with van der Waals surface area (Å²) in [5.74, 6) is 0.0559. The summed E-state index contributed by atoms with van der Waals surface area (Å²) in [4.78, 5) is 27.1. The third kappa shape index (κ3) is 3.45. The van der Waals surface area contributed by atoms with E-state index in [2.05, 4.69) is 5.10 Å². The van der Waals surface area contributed by atoms with Crippen LogP contribution in [0.5, 0.6) is 0 Å². The van der Waals surface area contributed by atoms with Gasteiger partial charge < -0.3 is 10.0 Å². The summed E-state index contributed by atoms with van der Waals surface area (Å²) >= 11 is 0. The second-order valence-corrected chi connectivity index (χ2v) is 7.20. The molecule has 4 rings (SSSR count). The van der Waals surface area contributed by atoms with Gasteiger partial charge in [-0.05, 0) is 30.5 Å². The number of allylic oxidation sites excluding steroid dienone is 1. The lowest BCUT2D eigenvalue weighted by atomic mass is 9.99. The van der Waals surface area contributed by atoms with Crippen molar-refractivity contribution >= 4 is 17.3 Å². The fourth-order valence-electron chi connectivity index (χ4n) is 3.84. The van der Waals surface area contributed by atoms with Crippen LogP contribution in [0.25, 0.3) is 5.57 Å². The van der Waals surface area contributed by atoms with Crippen LogP contribution in [0.1, 0.15) is 49.2 Å². The molecule has 27 heavy (non-hydrogen) atoms. The third-order valence-electron chi connectivity index (χ3n) is 5.35. The molecule has 0 saturated heterocycles. The number of fused-ring (bicyclic) bond motifs is 1. The topological polar surface area (TPSA) is 75.4 Å². The van der Waals surface area contributed by atoms with Crippen LogP contribution >= 0.6 is 0 Å². The van der Waals surface area contributed by atoms with E-state index in [-0.39, 0.29) is 18.1 Å². The number of nitrogens with zero attached hydrogens (tertiary/aromatic N) is 3. The van der Waals surface area contributed by atoms with E-state index in [9.17, 15) is 14.7 Å². The predicted octanol–water partition coefficient (Wildman–Crippen LogP) is 2.49. The number of aliphatic hydroxyl groups excluding tert-OH is 1. The maximum Gasteiger partial charge on any atom is 0.227 e. The fourth-order valence-corrected chi connectivity index (χ4v) is 3.84. The summed E-state index contributed by atoms with van der Waals surface area (Å²) < 4.78 is 1.85. The molecule has 1 atom stereocenters. The van der Waals surface area contributed by atoms with Gasteiger partial charge in [0.25, 0.3) is 0 Å². The van der Waals surface area contributed by atoms with E-state index in [1.165, 1.54) is 0 Å². The standard InChI is InChI=1S/C21H23N3O3/c1-14(25)19-11-16-13-23(9-10-24(16)22-19)21(27)12-18-17(7-8-20(18)26)15-5-3-2-4-6-15/h2-6,11,14,25H,7-10,12-13H2,1H3/t14-/m1/s1. The van der Waals surface area contributed by atoms with Crippen LogP contribution in [0.2, 0.25) is 0 Å². The molecule has 6 heteroatoms. The van der Waals surface area contributed by atoms with Crippen molar-refractivity contribution in [2.45, 2.75) is 45.4 Å². The molecule has 0 radical (unpaired) electrons. The molecule has 1 N–H and O–H groups in total. The number of aliphatic hydroxyl groups is 1. The minimum Gasteiger partial charge on any atom is -0.387 e. The number of rotatable bonds is 4. The molecule has 2 heterocycles. The van der Waals surface area contributed by atoms with Gasteiger partial charge in [0.1, 0.15) is 0 Å². The van der Waals surface area contributed by atoms with Crippen molar-refractivity contribution in [3.8, 4) is 0 Å². The zero-order valence-electron chi connectivity index (χ0n) is 15.4. The summed E-state index contributed by atoms with van der Waals surface area (Å²) in [6, 6.07) is 11.7. The Hall–Kier alpha value is -2.73. The van der Waals surface area contributed by atoms with Crippen molar-refractivity contribution in [3.05, 3.63) is 58.9 Å². The molecule has 0 bridgehead atoms. The largest absolute Gasteiger partial charge is 0.387 e. The second kappa shape index (κ2) is 7.12. The minimum atomic E-state index is -0.623. The molecule has 1 aliphatic carbocycles. The summed E-state index contributed by atoms with van der Waals surface area (Å²) in [5.41, 5.74) is 4.24. The Bertz CT molecular complexity index is 912. The van der Waals surface area contributed by atoms with Gasteiger partial charge in [-0.15, -0.1) is 0 Å². The van der Waals surface area contributed by atoms with Crippen molar-refractivity contribution < 1.29 is 14.7 Å². The monoisotopic (exact) mass is 365 g/mol. The molecule has 1 amide bonds. The highest BCUT2D eigenvalue weighted by atomic mass is 16.3. The lowest BCUT2D eigenvalue weighted by Gasteiger charge is -2.28. The summed E-state index contributed by atoms with van der Waals surface area (Å²) in [5, 5.41) is 14.1. The molecule has 0 unspecified atom stereocenters. The van der Waals surface area contributed by atoms with Gasteiger partial charge in [-0.1, -0.05) is 30.3 Å². The number of hydrogen-bond acceptors (Lipinski definition) is 4. The number of benzene rings is 1. The molecule has 1 aliphatic heterocycles. The lowest BCUT2D eigenvalue weighted by Crippen LogP contribution is -2.38. The number of Topliss-reactive ketones (excluding diaryl/α,β-unsaturated/α-hetero) is 1. The number of amides is 1. The Labute approximate surface area is 158 Å². The first kappa shape index (κ1) is 17.7. The molecule has 140 valence electrons. The molecular weight excluding hydrogens is 342 g/mol. The van der Waals surface area contributed by atoms with E-state index in [0.717, 1.165) is 16.8 Å². The Morgan fingerprint density at radius 1 is 1.22 bits per heavy atom. The first-order valence-corrected chi connectivity index (χ1v) is 9.36. The Morgan fingerprint density at radius 2 is 2.00 bits per heavy atom. The van der Waals surface area contributed by atoms with Crippen molar-refractivity contribution in [1.29, 1.82) is 0 Å². The summed E-state index contributed by atoms with van der Waals surface area (Å²) in [7, 11) is 0. The molecule has 1 aromatic carbocycles. The molecule has 0 saturated carbocycles. The summed E-state index contributed by atoms with van der Waals surface area (Å²) in [6.07, 6.45) is 0.718. The van der Waals surface area contributed by atoms with Gasteiger partial charge in [-0.25, -0.2) is 0 Å². The average Bonchev–Trinajstić information content (AvgIpc) is 3.26. The molecule has 0 fully saturated rings. The predicted molar refractivity (Wildman–Crippen MR) is 100 cm³/mol. The van der Waals surface area contributed by atoms with E-state index in [1.54, 1.807) is 11.8 Å². The van der Waals surface area contributed by atoms with Crippen LogP contribution in [0, 0.1) is 0 Å². The van der Waals surface area contributed by atoms with Crippen molar-refractivity contribution in [2.24, 2.45) is 0 Å². The van der Waals surface area contributed by atoms with Crippen molar-refractivity contribution in [1.82, 2.24) is 14.7 Å². The van der Waals surface area contributed by atoms with E-state index in [1.807, 2.05) is 41.1 Å².